The minimum absolute atomic E-state index is 0. The Bertz CT molecular complexity index is 471. The van der Waals surface area contributed by atoms with Gasteiger partial charge in [-0.15, -0.1) is 12.4 Å². The summed E-state index contributed by atoms with van der Waals surface area (Å²) in [4.78, 5) is 2.34. The molecule has 0 radical (unpaired) electrons. The minimum atomic E-state index is 0. The van der Waals surface area contributed by atoms with Gasteiger partial charge in [0.15, 0.2) is 0 Å². The molecule has 18 heavy (non-hydrogen) atoms. The Morgan fingerprint density at radius 2 is 1.94 bits per heavy atom. The van der Waals surface area contributed by atoms with Gasteiger partial charge in [0.25, 0.3) is 0 Å². The average molecular weight is 287 g/mol. The van der Waals surface area contributed by atoms with Crippen LogP contribution in [0.2, 0.25) is 0 Å². The molecular weight excluding hydrogens is 268 g/mol. The number of likely N-dealkylation sites (N-methyl/N-ethyl adjacent to an activating group) is 1. The molecule has 3 nitrogen and oxygen atoms in total. The van der Waals surface area contributed by atoms with Crippen LogP contribution in [0.15, 0.2) is 24.3 Å². The summed E-state index contributed by atoms with van der Waals surface area (Å²) in [7, 11) is 0. The molecule has 0 amide bonds. The van der Waals surface area contributed by atoms with Gasteiger partial charge >= 0.3 is 0 Å². The van der Waals surface area contributed by atoms with Crippen molar-refractivity contribution in [3.63, 3.8) is 0 Å². The molecule has 0 N–H and O–H groups in total. The van der Waals surface area contributed by atoms with Gasteiger partial charge in [-0.25, -0.2) is 0 Å². The van der Waals surface area contributed by atoms with E-state index >= 15 is 0 Å². The zero-order valence-corrected chi connectivity index (χ0v) is 12.4. The predicted octanol–water partition coefficient (Wildman–Crippen LogP) is 3.44. The van der Waals surface area contributed by atoms with E-state index < -0.39 is 0 Å². The largest absolute Gasteiger partial charge is 0.475 e. The standard InChI is InChI=1S/C13H18N2OS.ClH/c1-3-15(4-2)9-10-16-13-11-7-5-6-8-12(11)17-14-13;/h5-8H,3-4,9-10H2,1-2H3;1H. The van der Waals surface area contributed by atoms with Crippen LogP contribution >= 0.6 is 23.9 Å². The van der Waals surface area contributed by atoms with E-state index in [0.717, 1.165) is 30.9 Å². The first kappa shape index (κ1) is 15.2. The van der Waals surface area contributed by atoms with E-state index in [-0.39, 0.29) is 12.4 Å². The smallest absolute Gasteiger partial charge is 0.233 e. The highest BCUT2D eigenvalue weighted by molar-refractivity contribution is 7.13. The molecule has 2 rings (SSSR count). The van der Waals surface area contributed by atoms with Gasteiger partial charge in [0.1, 0.15) is 6.61 Å². The van der Waals surface area contributed by atoms with Crippen molar-refractivity contribution in [2.24, 2.45) is 0 Å². The van der Waals surface area contributed by atoms with Crippen LogP contribution in [0.3, 0.4) is 0 Å². The molecule has 1 aromatic carbocycles. The molecule has 0 fully saturated rings. The zero-order valence-electron chi connectivity index (χ0n) is 10.8. The van der Waals surface area contributed by atoms with Gasteiger partial charge in [-0.2, -0.15) is 4.37 Å². The molecule has 1 aromatic heterocycles. The number of aromatic nitrogens is 1. The number of hydrogen-bond donors (Lipinski definition) is 0. The van der Waals surface area contributed by atoms with Gasteiger partial charge in [-0.1, -0.05) is 26.0 Å². The molecule has 0 saturated carbocycles. The summed E-state index contributed by atoms with van der Waals surface area (Å²) in [6.45, 7) is 8.13. The third-order valence-electron chi connectivity index (χ3n) is 2.89. The van der Waals surface area contributed by atoms with Crippen LogP contribution in [0.4, 0.5) is 0 Å². The molecule has 5 heteroatoms. The highest BCUT2D eigenvalue weighted by Crippen LogP contribution is 2.27. The van der Waals surface area contributed by atoms with Crippen molar-refractivity contribution in [2.75, 3.05) is 26.2 Å². The summed E-state index contributed by atoms with van der Waals surface area (Å²) in [6, 6.07) is 8.18. The molecule has 0 aliphatic carbocycles. The Balaban J connectivity index is 0.00000162. The second kappa shape index (κ2) is 7.56. The van der Waals surface area contributed by atoms with Crippen molar-refractivity contribution in [3.8, 4) is 5.88 Å². The zero-order chi connectivity index (χ0) is 12.1. The van der Waals surface area contributed by atoms with Crippen LogP contribution in [0.25, 0.3) is 10.1 Å². The van der Waals surface area contributed by atoms with Crippen molar-refractivity contribution >= 4 is 34.0 Å². The fourth-order valence-electron chi connectivity index (χ4n) is 1.78. The monoisotopic (exact) mass is 286 g/mol. The minimum Gasteiger partial charge on any atom is -0.475 e. The molecule has 0 aliphatic heterocycles. The first-order valence-corrected chi connectivity index (χ1v) is 6.82. The maximum atomic E-state index is 5.75. The van der Waals surface area contributed by atoms with E-state index in [2.05, 4.69) is 35.3 Å². The van der Waals surface area contributed by atoms with E-state index in [1.54, 1.807) is 0 Å². The Labute approximate surface area is 118 Å². The van der Waals surface area contributed by atoms with Gasteiger partial charge in [0.05, 0.1) is 10.1 Å². The molecule has 1 heterocycles. The Hall–Kier alpha value is -0.840. The van der Waals surface area contributed by atoms with E-state index in [1.165, 1.54) is 16.2 Å². The van der Waals surface area contributed by atoms with E-state index in [4.69, 9.17) is 4.74 Å². The third-order valence-corrected chi connectivity index (χ3v) is 3.69. The van der Waals surface area contributed by atoms with E-state index in [9.17, 15) is 0 Å². The molecule has 0 bridgehead atoms. The van der Waals surface area contributed by atoms with Crippen LogP contribution in [-0.2, 0) is 0 Å². The SMILES string of the molecule is CCN(CC)CCOc1nsc2ccccc12.Cl. The third kappa shape index (κ3) is 3.57. The predicted molar refractivity (Wildman–Crippen MR) is 80.2 cm³/mol. The maximum absolute atomic E-state index is 5.75. The number of fused-ring (bicyclic) bond motifs is 1. The molecule has 100 valence electrons. The number of hydrogen-bond acceptors (Lipinski definition) is 4. The van der Waals surface area contributed by atoms with Crippen LogP contribution in [0, 0.1) is 0 Å². The first-order chi connectivity index (χ1) is 8.35. The van der Waals surface area contributed by atoms with Crippen LogP contribution in [-0.4, -0.2) is 35.5 Å². The summed E-state index contributed by atoms with van der Waals surface area (Å²) >= 11 is 1.50. The van der Waals surface area contributed by atoms with Crippen molar-refractivity contribution < 1.29 is 4.74 Å². The van der Waals surface area contributed by atoms with Gasteiger partial charge in [-0.05, 0) is 36.8 Å². The number of rotatable bonds is 6. The quantitative estimate of drug-likeness (QED) is 0.813. The number of halogens is 1. The second-order valence-corrected chi connectivity index (χ2v) is 4.66. The molecule has 0 atom stereocenters. The lowest BCUT2D eigenvalue weighted by molar-refractivity contribution is 0.220. The lowest BCUT2D eigenvalue weighted by Crippen LogP contribution is -2.27. The van der Waals surface area contributed by atoms with Crippen LogP contribution in [0.5, 0.6) is 5.88 Å². The number of benzene rings is 1. The van der Waals surface area contributed by atoms with Gasteiger partial charge in [0.2, 0.25) is 5.88 Å². The highest BCUT2D eigenvalue weighted by Gasteiger charge is 2.06. The van der Waals surface area contributed by atoms with Gasteiger partial charge in [-0.3, -0.25) is 0 Å². The van der Waals surface area contributed by atoms with Crippen molar-refractivity contribution in [3.05, 3.63) is 24.3 Å². The van der Waals surface area contributed by atoms with Crippen LogP contribution < -0.4 is 4.74 Å². The van der Waals surface area contributed by atoms with E-state index in [0.29, 0.717) is 6.61 Å². The maximum Gasteiger partial charge on any atom is 0.233 e. The Kier molecular flexibility index (Phi) is 6.39. The lowest BCUT2D eigenvalue weighted by atomic mass is 10.3. The fourth-order valence-corrected chi connectivity index (χ4v) is 2.50. The first-order valence-electron chi connectivity index (χ1n) is 6.04. The summed E-state index contributed by atoms with van der Waals surface area (Å²) < 4.78 is 11.3. The Morgan fingerprint density at radius 3 is 2.67 bits per heavy atom. The second-order valence-electron chi connectivity index (χ2n) is 3.86. The normalized spacial score (nSPS) is 10.6. The number of ether oxygens (including phenoxy) is 1. The topological polar surface area (TPSA) is 25.4 Å². The average Bonchev–Trinajstić information content (AvgIpc) is 2.78. The molecule has 0 unspecified atom stereocenters. The summed E-state index contributed by atoms with van der Waals surface area (Å²) in [5.41, 5.74) is 0. The molecule has 0 saturated heterocycles. The van der Waals surface area contributed by atoms with E-state index in [1.807, 2.05) is 12.1 Å². The van der Waals surface area contributed by atoms with Crippen molar-refractivity contribution in [1.29, 1.82) is 0 Å². The van der Waals surface area contributed by atoms with Crippen LogP contribution in [0.1, 0.15) is 13.8 Å². The van der Waals surface area contributed by atoms with Gasteiger partial charge in [0, 0.05) is 6.54 Å². The number of nitrogens with zero attached hydrogens (tertiary/aromatic N) is 2. The van der Waals surface area contributed by atoms with Gasteiger partial charge < -0.3 is 9.64 Å². The fraction of sp³-hybridized carbons (Fsp3) is 0.462. The summed E-state index contributed by atoms with van der Waals surface area (Å²) in [5.74, 6) is 0.776. The summed E-state index contributed by atoms with van der Waals surface area (Å²) in [5, 5.41) is 1.12. The molecule has 0 aliphatic rings. The molecule has 0 spiro atoms. The lowest BCUT2D eigenvalue weighted by Gasteiger charge is -2.17. The molecule has 2 aromatic rings. The molecular formula is C13H19ClN2OS. The highest BCUT2D eigenvalue weighted by atomic mass is 35.5. The Morgan fingerprint density at radius 1 is 1.22 bits per heavy atom. The summed E-state index contributed by atoms with van der Waals surface area (Å²) in [6.07, 6.45) is 0. The van der Waals surface area contributed by atoms with Crippen molar-refractivity contribution in [2.45, 2.75) is 13.8 Å². The van der Waals surface area contributed by atoms with Crippen molar-refractivity contribution in [1.82, 2.24) is 9.27 Å².